The Hall–Kier alpha value is -3.23. The van der Waals surface area contributed by atoms with E-state index < -0.39 is 27.7 Å². The van der Waals surface area contributed by atoms with Gasteiger partial charge < -0.3 is 14.4 Å². The van der Waals surface area contributed by atoms with Crippen LogP contribution in [0.2, 0.25) is 0 Å². The molecule has 0 aliphatic rings. The van der Waals surface area contributed by atoms with E-state index >= 15 is 0 Å². The lowest BCUT2D eigenvalue weighted by Gasteiger charge is -2.08. The van der Waals surface area contributed by atoms with Crippen LogP contribution in [0.4, 0.5) is 5.69 Å². The van der Waals surface area contributed by atoms with Crippen molar-refractivity contribution in [3.8, 4) is 11.6 Å². The molecule has 0 atom stereocenters. The maximum absolute atomic E-state index is 11.8. The third-order valence-electron chi connectivity index (χ3n) is 2.61. The van der Waals surface area contributed by atoms with Crippen LogP contribution in [0.1, 0.15) is 10.4 Å². The number of nitro benzene ring substituents is 1. The Balaban J connectivity index is 2.57. The van der Waals surface area contributed by atoms with Gasteiger partial charge in [-0.1, -0.05) is 6.07 Å². The number of ether oxygens (including phenoxy) is 1. The van der Waals surface area contributed by atoms with E-state index in [4.69, 9.17) is 9.84 Å². The highest BCUT2D eigenvalue weighted by atomic mass is 16.6. The standard InChI is InChI=1S/C12H9N3O6/c1-14-6-5-13-10(11(14)16)21-8-4-2-3-7(15(19)20)9(8)12(17)18/h2-6H,1H3,(H,17,18). The molecule has 0 radical (unpaired) electrons. The number of hydrogen-bond acceptors (Lipinski definition) is 6. The van der Waals surface area contributed by atoms with Crippen LogP contribution in [-0.2, 0) is 7.05 Å². The summed E-state index contributed by atoms with van der Waals surface area (Å²) in [4.78, 5) is 36.7. The minimum absolute atomic E-state index is 0.326. The molecular weight excluding hydrogens is 282 g/mol. The van der Waals surface area contributed by atoms with Crippen LogP contribution in [0, 0.1) is 10.1 Å². The first kappa shape index (κ1) is 14.2. The fourth-order valence-corrected chi connectivity index (χ4v) is 1.62. The van der Waals surface area contributed by atoms with Gasteiger partial charge in [-0.05, 0) is 6.07 Å². The van der Waals surface area contributed by atoms with E-state index in [0.717, 1.165) is 6.07 Å². The summed E-state index contributed by atoms with van der Waals surface area (Å²) < 4.78 is 6.32. The second kappa shape index (κ2) is 5.41. The fraction of sp³-hybridized carbons (Fsp3) is 0.0833. The monoisotopic (exact) mass is 291 g/mol. The molecule has 0 amide bonds. The molecule has 2 rings (SSSR count). The molecule has 21 heavy (non-hydrogen) atoms. The summed E-state index contributed by atoms with van der Waals surface area (Å²) in [5.74, 6) is -2.24. The van der Waals surface area contributed by atoms with Gasteiger partial charge in [-0.3, -0.25) is 14.9 Å². The molecule has 0 spiro atoms. The van der Waals surface area contributed by atoms with Gasteiger partial charge in [-0.2, -0.15) is 0 Å². The summed E-state index contributed by atoms with van der Waals surface area (Å²) in [6.45, 7) is 0. The van der Waals surface area contributed by atoms with Gasteiger partial charge in [0.25, 0.3) is 11.6 Å². The van der Waals surface area contributed by atoms with E-state index in [1.54, 1.807) is 0 Å². The Labute approximate surface area is 117 Å². The maximum atomic E-state index is 11.8. The first-order valence-electron chi connectivity index (χ1n) is 5.62. The van der Waals surface area contributed by atoms with E-state index in [0.29, 0.717) is 0 Å². The molecule has 0 saturated carbocycles. The lowest BCUT2D eigenvalue weighted by Crippen LogP contribution is -2.19. The highest BCUT2D eigenvalue weighted by Gasteiger charge is 2.25. The minimum Gasteiger partial charge on any atom is -0.477 e. The van der Waals surface area contributed by atoms with E-state index in [2.05, 4.69) is 4.98 Å². The summed E-state index contributed by atoms with van der Waals surface area (Å²) in [6.07, 6.45) is 2.68. The van der Waals surface area contributed by atoms with Gasteiger partial charge in [0, 0.05) is 25.5 Å². The first-order chi connectivity index (χ1) is 9.91. The van der Waals surface area contributed by atoms with Crippen LogP contribution in [0.15, 0.2) is 35.4 Å². The Bertz CT molecular complexity index is 783. The van der Waals surface area contributed by atoms with Crippen molar-refractivity contribution in [2.24, 2.45) is 7.05 Å². The van der Waals surface area contributed by atoms with E-state index in [9.17, 15) is 19.7 Å². The van der Waals surface area contributed by atoms with Crippen molar-refractivity contribution in [2.45, 2.75) is 0 Å². The van der Waals surface area contributed by atoms with Crippen LogP contribution < -0.4 is 10.3 Å². The van der Waals surface area contributed by atoms with Crippen LogP contribution >= 0.6 is 0 Å². The quantitative estimate of drug-likeness (QED) is 0.662. The van der Waals surface area contributed by atoms with Gasteiger partial charge in [-0.15, -0.1) is 0 Å². The molecule has 108 valence electrons. The van der Waals surface area contributed by atoms with E-state index in [1.807, 2.05) is 0 Å². The summed E-state index contributed by atoms with van der Waals surface area (Å²) in [7, 11) is 1.46. The normalized spacial score (nSPS) is 10.1. The Morgan fingerprint density at radius 3 is 2.81 bits per heavy atom. The van der Waals surface area contributed by atoms with Gasteiger partial charge in [0.2, 0.25) is 0 Å². The maximum Gasteiger partial charge on any atom is 0.346 e. The number of aryl methyl sites for hydroxylation is 1. The highest BCUT2D eigenvalue weighted by molar-refractivity contribution is 5.95. The Morgan fingerprint density at radius 2 is 2.19 bits per heavy atom. The number of nitro groups is 1. The molecule has 9 nitrogen and oxygen atoms in total. The summed E-state index contributed by atoms with van der Waals surface area (Å²) in [5.41, 5.74) is -1.87. The zero-order valence-corrected chi connectivity index (χ0v) is 10.7. The molecule has 1 N–H and O–H groups in total. The van der Waals surface area contributed by atoms with Crippen LogP contribution in [0.25, 0.3) is 0 Å². The molecule has 0 unspecified atom stereocenters. The zero-order chi connectivity index (χ0) is 15.6. The lowest BCUT2D eigenvalue weighted by molar-refractivity contribution is -0.385. The second-order valence-electron chi connectivity index (χ2n) is 3.96. The zero-order valence-electron chi connectivity index (χ0n) is 10.7. The van der Waals surface area contributed by atoms with Gasteiger partial charge >= 0.3 is 11.5 Å². The number of rotatable bonds is 4. The summed E-state index contributed by atoms with van der Waals surface area (Å²) >= 11 is 0. The van der Waals surface area contributed by atoms with Crippen molar-refractivity contribution >= 4 is 11.7 Å². The molecule has 0 bridgehead atoms. The average molecular weight is 291 g/mol. The Morgan fingerprint density at radius 1 is 1.48 bits per heavy atom. The molecule has 0 saturated heterocycles. The predicted octanol–water partition coefficient (Wildman–Crippen LogP) is 1.18. The smallest absolute Gasteiger partial charge is 0.346 e. The number of aromatic carboxylic acids is 1. The molecule has 9 heteroatoms. The second-order valence-corrected chi connectivity index (χ2v) is 3.96. The third-order valence-corrected chi connectivity index (χ3v) is 2.61. The third kappa shape index (κ3) is 2.71. The number of benzene rings is 1. The van der Waals surface area contributed by atoms with Gasteiger partial charge in [0.1, 0.15) is 0 Å². The predicted molar refractivity (Wildman–Crippen MR) is 69.6 cm³/mol. The van der Waals surface area contributed by atoms with Crippen molar-refractivity contribution < 1.29 is 19.6 Å². The number of carboxylic acid groups (broad SMARTS) is 1. The van der Waals surface area contributed by atoms with Crippen molar-refractivity contribution in [2.75, 3.05) is 0 Å². The van der Waals surface area contributed by atoms with Crippen LogP contribution in [0.3, 0.4) is 0 Å². The number of carboxylic acids is 1. The molecule has 1 heterocycles. The molecule has 2 aromatic rings. The number of aromatic nitrogens is 2. The van der Waals surface area contributed by atoms with Gasteiger partial charge in [0.15, 0.2) is 11.3 Å². The first-order valence-corrected chi connectivity index (χ1v) is 5.62. The molecule has 0 aliphatic heterocycles. The number of hydrogen-bond donors (Lipinski definition) is 1. The SMILES string of the molecule is Cn1ccnc(Oc2cccc([N+](=O)[O-])c2C(=O)O)c1=O. The van der Waals surface area contributed by atoms with Crippen LogP contribution in [-0.4, -0.2) is 25.6 Å². The van der Waals surface area contributed by atoms with Crippen molar-refractivity contribution in [1.82, 2.24) is 9.55 Å². The Kier molecular flexibility index (Phi) is 3.65. The number of carbonyl (C=O) groups is 1. The highest BCUT2D eigenvalue weighted by Crippen LogP contribution is 2.30. The molecular formula is C12H9N3O6. The lowest BCUT2D eigenvalue weighted by atomic mass is 10.1. The van der Waals surface area contributed by atoms with Gasteiger partial charge in [-0.25, -0.2) is 9.78 Å². The summed E-state index contributed by atoms with van der Waals surface area (Å²) in [6, 6.07) is 3.50. The van der Waals surface area contributed by atoms with Gasteiger partial charge in [0.05, 0.1) is 4.92 Å². The topological polar surface area (TPSA) is 125 Å². The van der Waals surface area contributed by atoms with Crippen molar-refractivity contribution in [3.63, 3.8) is 0 Å². The number of nitrogens with zero attached hydrogens (tertiary/aromatic N) is 3. The van der Waals surface area contributed by atoms with Crippen molar-refractivity contribution in [3.05, 3.63) is 56.6 Å². The van der Waals surface area contributed by atoms with Crippen LogP contribution in [0.5, 0.6) is 11.6 Å². The minimum atomic E-state index is -1.54. The molecule has 0 fully saturated rings. The van der Waals surface area contributed by atoms with E-state index in [-0.39, 0.29) is 11.6 Å². The molecule has 1 aromatic carbocycles. The molecule has 1 aromatic heterocycles. The summed E-state index contributed by atoms with van der Waals surface area (Å²) in [5, 5.41) is 20.0. The van der Waals surface area contributed by atoms with E-state index in [1.165, 1.54) is 36.1 Å². The fourth-order valence-electron chi connectivity index (χ4n) is 1.62. The largest absolute Gasteiger partial charge is 0.477 e. The molecule has 0 aliphatic carbocycles. The van der Waals surface area contributed by atoms with Crippen molar-refractivity contribution in [1.29, 1.82) is 0 Å². The average Bonchev–Trinajstić information content (AvgIpc) is 2.43.